The SMILES string of the molecule is CCCCC(/C=C(/C)c1ccccc1)C(=O)O. The molecule has 1 rings (SSSR count). The van der Waals surface area contributed by atoms with E-state index >= 15 is 0 Å². The highest BCUT2D eigenvalue weighted by Crippen LogP contribution is 2.19. The van der Waals surface area contributed by atoms with Gasteiger partial charge in [0.05, 0.1) is 5.92 Å². The highest BCUT2D eigenvalue weighted by molar-refractivity contribution is 5.76. The topological polar surface area (TPSA) is 37.3 Å². The molecule has 92 valence electrons. The molecule has 0 aliphatic heterocycles. The van der Waals surface area contributed by atoms with Crippen LogP contribution < -0.4 is 0 Å². The van der Waals surface area contributed by atoms with Gasteiger partial charge in [0.15, 0.2) is 0 Å². The molecule has 1 aromatic rings. The van der Waals surface area contributed by atoms with E-state index in [1.165, 1.54) is 0 Å². The summed E-state index contributed by atoms with van der Waals surface area (Å²) in [6.45, 7) is 4.05. The quantitative estimate of drug-likeness (QED) is 0.805. The van der Waals surface area contributed by atoms with Crippen molar-refractivity contribution in [3.63, 3.8) is 0 Å². The van der Waals surface area contributed by atoms with Gasteiger partial charge in [-0.2, -0.15) is 0 Å². The van der Waals surface area contributed by atoms with Crippen LogP contribution in [0.25, 0.3) is 5.57 Å². The first-order chi connectivity index (χ1) is 8.15. The van der Waals surface area contributed by atoms with Gasteiger partial charge in [-0.15, -0.1) is 0 Å². The Kier molecular flexibility index (Phi) is 5.47. The third-order valence-electron chi connectivity index (χ3n) is 2.87. The molecule has 1 N–H and O–H groups in total. The van der Waals surface area contributed by atoms with Crippen molar-refractivity contribution in [2.24, 2.45) is 5.92 Å². The van der Waals surface area contributed by atoms with E-state index in [1.807, 2.05) is 43.3 Å². The molecule has 0 fully saturated rings. The Morgan fingerprint density at radius 2 is 2.00 bits per heavy atom. The van der Waals surface area contributed by atoms with Crippen LogP contribution in [-0.2, 0) is 4.79 Å². The number of carboxylic acids is 1. The summed E-state index contributed by atoms with van der Waals surface area (Å²) in [5, 5.41) is 9.15. The van der Waals surface area contributed by atoms with Crippen molar-refractivity contribution in [1.82, 2.24) is 0 Å². The van der Waals surface area contributed by atoms with Gasteiger partial charge in [0.1, 0.15) is 0 Å². The first kappa shape index (κ1) is 13.5. The standard InChI is InChI=1S/C15H20O2/c1-3-4-8-14(15(16)17)11-12(2)13-9-6-5-7-10-13/h5-7,9-11,14H,3-4,8H2,1-2H3,(H,16,17)/b12-11-. The Morgan fingerprint density at radius 1 is 1.35 bits per heavy atom. The van der Waals surface area contributed by atoms with E-state index in [9.17, 15) is 4.79 Å². The molecule has 2 nitrogen and oxygen atoms in total. The zero-order valence-electron chi connectivity index (χ0n) is 10.5. The molecule has 1 unspecified atom stereocenters. The van der Waals surface area contributed by atoms with Gasteiger partial charge in [-0.05, 0) is 24.5 Å². The number of benzene rings is 1. The van der Waals surface area contributed by atoms with Crippen LogP contribution in [0.1, 0.15) is 38.7 Å². The first-order valence-electron chi connectivity index (χ1n) is 6.11. The summed E-state index contributed by atoms with van der Waals surface area (Å²) in [4.78, 5) is 11.1. The third kappa shape index (κ3) is 4.43. The van der Waals surface area contributed by atoms with E-state index < -0.39 is 5.97 Å². The highest BCUT2D eigenvalue weighted by Gasteiger charge is 2.14. The Balaban J connectivity index is 2.79. The van der Waals surface area contributed by atoms with Crippen LogP contribution in [0.4, 0.5) is 0 Å². The Labute approximate surface area is 103 Å². The van der Waals surface area contributed by atoms with E-state index in [4.69, 9.17) is 5.11 Å². The lowest BCUT2D eigenvalue weighted by atomic mass is 9.97. The molecule has 0 saturated carbocycles. The number of carbonyl (C=O) groups is 1. The second-order valence-electron chi connectivity index (χ2n) is 4.30. The highest BCUT2D eigenvalue weighted by atomic mass is 16.4. The molecule has 1 atom stereocenters. The van der Waals surface area contributed by atoms with Gasteiger partial charge in [0.2, 0.25) is 0 Å². The van der Waals surface area contributed by atoms with Crippen molar-refractivity contribution in [2.75, 3.05) is 0 Å². The number of hydrogen-bond acceptors (Lipinski definition) is 1. The fraction of sp³-hybridized carbons (Fsp3) is 0.400. The molecular weight excluding hydrogens is 212 g/mol. The molecule has 2 heteroatoms. The summed E-state index contributed by atoms with van der Waals surface area (Å²) >= 11 is 0. The van der Waals surface area contributed by atoms with Gasteiger partial charge in [-0.3, -0.25) is 4.79 Å². The molecule has 1 aromatic carbocycles. The first-order valence-corrected chi connectivity index (χ1v) is 6.11. The maximum Gasteiger partial charge on any atom is 0.310 e. The van der Waals surface area contributed by atoms with Crippen molar-refractivity contribution < 1.29 is 9.90 Å². The fourth-order valence-electron chi connectivity index (χ4n) is 1.80. The van der Waals surface area contributed by atoms with E-state index in [0.29, 0.717) is 0 Å². The van der Waals surface area contributed by atoms with Crippen LogP contribution in [0, 0.1) is 5.92 Å². The molecule has 0 aliphatic carbocycles. The Morgan fingerprint density at radius 3 is 2.53 bits per heavy atom. The predicted molar refractivity (Wildman–Crippen MR) is 70.7 cm³/mol. The lowest BCUT2D eigenvalue weighted by Crippen LogP contribution is -2.11. The van der Waals surface area contributed by atoms with Gasteiger partial charge < -0.3 is 5.11 Å². The zero-order valence-corrected chi connectivity index (χ0v) is 10.5. The van der Waals surface area contributed by atoms with Gasteiger partial charge in [-0.25, -0.2) is 0 Å². The molecule has 0 saturated heterocycles. The minimum absolute atomic E-state index is 0.366. The molecule has 0 bridgehead atoms. The smallest absolute Gasteiger partial charge is 0.310 e. The number of aliphatic carboxylic acids is 1. The lowest BCUT2D eigenvalue weighted by Gasteiger charge is -2.09. The van der Waals surface area contributed by atoms with Crippen molar-refractivity contribution in [3.05, 3.63) is 42.0 Å². The monoisotopic (exact) mass is 232 g/mol. The summed E-state index contributed by atoms with van der Waals surface area (Å²) in [6.07, 6.45) is 4.57. The average molecular weight is 232 g/mol. The van der Waals surface area contributed by atoms with Gasteiger partial charge in [0.25, 0.3) is 0 Å². The van der Waals surface area contributed by atoms with Gasteiger partial charge >= 0.3 is 5.97 Å². The normalized spacial score (nSPS) is 13.4. The van der Waals surface area contributed by atoms with E-state index in [2.05, 4.69) is 6.92 Å². The van der Waals surface area contributed by atoms with Crippen molar-refractivity contribution in [1.29, 1.82) is 0 Å². The molecule has 17 heavy (non-hydrogen) atoms. The third-order valence-corrected chi connectivity index (χ3v) is 2.87. The number of unbranched alkanes of at least 4 members (excludes halogenated alkanes) is 1. The van der Waals surface area contributed by atoms with E-state index in [0.717, 1.165) is 30.4 Å². The second-order valence-corrected chi connectivity index (χ2v) is 4.30. The molecule has 0 heterocycles. The molecular formula is C15H20O2. The van der Waals surface area contributed by atoms with Crippen LogP contribution in [0.2, 0.25) is 0 Å². The van der Waals surface area contributed by atoms with Crippen molar-refractivity contribution >= 4 is 11.5 Å². The van der Waals surface area contributed by atoms with Gasteiger partial charge in [0, 0.05) is 0 Å². The minimum atomic E-state index is -0.728. The largest absolute Gasteiger partial charge is 0.481 e. The van der Waals surface area contributed by atoms with E-state index in [-0.39, 0.29) is 5.92 Å². The minimum Gasteiger partial charge on any atom is -0.481 e. The Bertz CT molecular complexity index is 379. The molecule has 0 aromatic heterocycles. The second kappa shape index (κ2) is 6.89. The maximum atomic E-state index is 11.1. The maximum absolute atomic E-state index is 11.1. The fourth-order valence-corrected chi connectivity index (χ4v) is 1.80. The zero-order chi connectivity index (χ0) is 12.7. The number of carboxylic acid groups (broad SMARTS) is 1. The van der Waals surface area contributed by atoms with Crippen LogP contribution in [-0.4, -0.2) is 11.1 Å². The molecule has 0 aliphatic rings. The number of allylic oxidation sites excluding steroid dienone is 1. The number of hydrogen-bond donors (Lipinski definition) is 1. The number of rotatable bonds is 6. The van der Waals surface area contributed by atoms with Crippen LogP contribution in [0.5, 0.6) is 0 Å². The average Bonchev–Trinajstić information content (AvgIpc) is 2.35. The summed E-state index contributed by atoms with van der Waals surface area (Å²) in [5.41, 5.74) is 2.13. The summed E-state index contributed by atoms with van der Waals surface area (Å²) in [5.74, 6) is -1.09. The summed E-state index contributed by atoms with van der Waals surface area (Å²) < 4.78 is 0. The van der Waals surface area contributed by atoms with Gasteiger partial charge in [-0.1, -0.05) is 56.2 Å². The van der Waals surface area contributed by atoms with E-state index in [1.54, 1.807) is 0 Å². The van der Waals surface area contributed by atoms with Crippen molar-refractivity contribution in [3.8, 4) is 0 Å². The van der Waals surface area contributed by atoms with Crippen LogP contribution in [0.15, 0.2) is 36.4 Å². The van der Waals surface area contributed by atoms with Crippen molar-refractivity contribution in [2.45, 2.75) is 33.1 Å². The predicted octanol–water partition coefficient (Wildman–Crippen LogP) is 3.98. The Hall–Kier alpha value is -1.57. The molecule has 0 spiro atoms. The van der Waals surface area contributed by atoms with Crippen LogP contribution >= 0.6 is 0 Å². The van der Waals surface area contributed by atoms with Crippen LogP contribution in [0.3, 0.4) is 0 Å². The molecule has 0 radical (unpaired) electrons. The summed E-state index contributed by atoms with van der Waals surface area (Å²) in [6, 6.07) is 9.90. The molecule has 0 amide bonds. The lowest BCUT2D eigenvalue weighted by molar-refractivity contribution is -0.140. The summed E-state index contributed by atoms with van der Waals surface area (Å²) in [7, 11) is 0.